The minimum atomic E-state index is -2.22. The van der Waals surface area contributed by atoms with Crippen molar-refractivity contribution >= 4 is 0 Å². The summed E-state index contributed by atoms with van der Waals surface area (Å²) in [5.74, 6) is -6.67. The van der Waals surface area contributed by atoms with Gasteiger partial charge in [-0.1, -0.05) is 0 Å². The van der Waals surface area contributed by atoms with Crippen molar-refractivity contribution in [1.29, 1.82) is 0 Å². The number of rotatable bonds is 15. The van der Waals surface area contributed by atoms with Crippen LogP contribution >= 0.6 is 0 Å². The van der Waals surface area contributed by atoms with Crippen molar-refractivity contribution in [1.82, 2.24) is 0 Å². The van der Waals surface area contributed by atoms with Gasteiger partial charge in [0.2, 0.25) is 17.4 Å². The van der Waals surface area contributed by atoms with Crippen molar-refractivity contribution in [2.75, 3.05) is 59.5 Å². The molecule has 0 amide bonds. The Morgan fingerprint density at radius 1 is 0.271 bits per heavy atom. The van der Waals surface area contributed by atoms with Crippen LogP contribution in [0.1, 0.15) is 0 Å². The first-order valence-corrected chi connectivity index (χ1v) is 21.1. The molecule has 0 unspecified atom stereocenters. The molecular formula is C36H66FeO33+3. The smallest absolute Gasteiger partial charge is 0.394 e. The summed E-state index contributed by atoms with van der Waals surface area (Å²) in [5.41, 5.74) is 0. The molecule has 6 aliphatic heterocycles. The molecule has 0 aliphatic carbocycles. The molecule has 24 N–H and O–H groups in total. The summed E-state index contributed by atoms with van der Waals surface area (Å²) >= 11 is 0. The van der Waals surface area contributed by atoms with Gasteiger partial charge in [0.05, 0.1) is 39.6 Å². The molecule has 33 nitrogen and oxygen atoms in total. The third-order valence-corrected chi connectivity index (χ3v) is 12.2. The minimum absolute atomic E-state index is 0. The summed E-state index contributed by atoms with van der Waals surface area (Å²) in [6.45, 7) is -6.97. The molecule has 0 aromatic rings. The molecular weight excluding hydrogens is 1020 g/mol. The van der Waals surface area contributed by atoms with E-state index in [1.54, 1.807) is 0 Å². The third kappa shape index (κ3) is 12.7. The molecule has 0 saturated carbocycles. The van der Waals surface area contributed by atoms with E-state index in [4.69, 9.17) is 73.3 Å². The maximum atomic E-state index is 10.00. The maximum absolute atomic E-state index is 10.00. The molecule has 0 aromatic carbocycles. The first kappa shape index (κ1) is 63.5. The Morgan fingerprint density at radius 3 is 0.629 bits per heavy atom. The number of ether oxygens (including phenoxy) is 9. The van der Waals surface area contributed by atoms with Gasteiger partial charge in [-0.05, 0) is 0 Å². The molecule has 34 heteroatoms. The van der Waals surface area contributed by atoms with Crippen LogP contribution in [0.2, 0.25) is 0 Å². The van der Waals surface area contributed by atoms with Crippen molar-refractivity contribution in [3.63, 3.8) is 0 Å². The quantitative estimate of drug-likeness (QED) is 0.0677. The third-order valence-electron chi connectivity index (χ3n) is 12.2. The largest absolute Gasteiger partial charge is 3.00 e. The Bertz CT molecular complexity index is 1360. The van der Waals surface area contributed by atoms with Crippen LogP contribution in [0, 0.1) is 0 Å². The van der Waals surface area contributed by atoms with E-state index in [0.29, 0.717) is 0 Å². The second-order valence-electron chi connectivity index (χ2n) is 16.7. The van der Waals surface area contributed by atoms with Crippen LogP contribution in [0.25, 0.3) is 0 Å². The zero-order chi connectivity index (χ0) is 52.1. The molecule has 1 radical (unpaired) electrons. The normalized spacial score (nSPS) is 50.4. The van der Waals surface area contributed by atoms with Gasteiger partial charge in [-0.15, -0.1) is 0 Å². The molecule has 27 atom stereocenters. The SMILES string of the molecule is OC[C@H]1O[C@@](CO)(O[C@H]2O[C@H](CO)[C@@H](O)[C@H](O)[C@H]2O)[C@@H](O)[C@@H]1O.OC[C@H]1O[C@@](CO)(O[C@H]2O[C@H](CO)[C@@H](O)[C@H](O)[C@H]2O)[C@@H](O)[C@@H]1O.OC[C@H]1O[C@@](CO)(O[C@H]2O[C@H](CO)[C@@H](O)[C@H](O)[C@H]2O)[C@@H](O)[C@@H]1O.[Fe+3]. The molecule has 6 saturated heterocycles. The molecule has 0 spiro atoms. The van der Waals surface area contributed by atoms with Crippen LogP contribution in [-0.4, -0.2) is 346 Å². The van der Waals surface area contributed by atoms with Gasteiger partial charge < -0.3 is 165 Å². The molecule has 70 heavy (non-hydrogen) atoms. The predicted octanol–water partition coefficient (Wildman–Crippen LogP) is -16.2. The Kier molecular flexibility index (Phi) is 24.3. The van der Waals surface area contributed by atoms with Crippen LogP contribution in [-0.2, 0) is 59.7 Å². The van der Waals surface area contributed by atoms with Crippen molar-refractivity contribution in [3.8, 4) is 0 Å². The predicted molar refractivity (Wildman–Crippen MR) is 206 cm³/mol. The fourth-order valence-corrected chi connectivity index (χ4v) is 7.89. The van der Waals surface area contributed by atoms with E-state index in [1.807, 2.05) is 0 Å². The van der Waals surface area contributed by atoms with Crippen molar-refractivity contribution < 1.29 is 182 Å². The van der Waals surface area contributed by atoms with Gasteiger partial charge in [0.25, 0.3) is 0 Å². The van der Waals surface area contributed by atoms with Crippen LogP contribution < -0.4 is 0 Å². The number of aliphatic hydroxyl groups is 24. The molecule has 0 aromatic heterocycles. The van der Waals surface area contributed by atoms with Crippen LogP contribution in [0.15, 0.2) is 0 Å². The first-order chi connectivity index (χ1) is 32.4. The molecule has 6 rings (SSSR count). The van der Waals surface area contributed by atoms with Crippen molar-refractivity contribution in [3.05, 3.63) is 0 Å². The van der Waals surface area contributed by atoms with E-state index in [1.165, 1.54) is 0 Å². The van der Waals surface area contributed by atoms with Crippen molar-refractivity contribution in [2.24, 2.45) is 0 Å². The van der Waals surface area contributed by atoms with E-state index in [2.05, 4.69) is 0 Å². The Hall–Kier alpha value is -0.801. The molecule has 6 fully saturated rings. The van der Waals surface area contributed by atoms with Crippen molar-refractivity contribution in [2.45, 2.75) is 164 Å². The second kappa shape index (κ2) is 26.8. The molecule has 0 bridgehead atoms. The summed E-state index contributed by atoms with van der Waals surface area (Å²) in [7, 11) is 0. The van der Waals surface area contributed by atoms with Gasteiger partial charge >= 0.3 is 17.1 Å². The summed E-state index contributed by atoms with van der Waals surface area (Å²) < 4.78 is 46.3. The van der Waals surface area contributed by atoms with Gasteiger partial charge in [0, 0.05) is 0 Å². The minimum Gasteiger partial charge on any atom is -0.394 e. The average Bonchev–Trinajstić information content (AvgIpc) is 3.86. The van der Waals surface area contributed by atoms with Gasteiger partial charge in [-0.2, -0.15) is 0 Å². The fourth-order valence-electron chi connectivity index (χ4n) is 7.89. The van der Waals surface area contributed by atoms with Gasteiger partial charge in [-0.25, -0.2) is 0 Å². The second-order valence-corrected chi connectivity index (χ2v) is 16.7. The van der Waals surface area contributed by atoms with E-state index in [0.717, 1.165) is 0 Å². The molecule has 6 heterocycles. The van der Waals surface area contributed by atoms with E-state index in [-0.39, 0.29) is 17.1 Å². The van der Waals surface area contributed by atoms with E-state index >= 15 is 0 Å². The van der Waals surface area contributed by atoms with Crippen LogP contribution in [0.5, 0.6) is 0 Å². The maximum Gasteiger partial charge on any atom is 3.00 e. The average molecular weight is 1080 g/mol. The molecule has 6 aliphatic rings. The number of aliphatic hydroxyl groups excluding tert-OH is 24. The van der Waals surface area contributed by atoms with Crippen LogP contribution in [0.4, 0.5) is 0 Å². The Labute approximate surface area is 405 Å². The van der Waals surface area contributed by atoms with Gasteiger partial charge in [0.15, 0.2) is 18.9 Å². The monoisotopic (exact) mass is 1080 g/mol. The number of hydrogen-bond acceptors (Lipinski definition) is 33. The Morgan fingerprint density at radius 2 is 0.471 bits per heavy atom. The molecule has 413 valence electrons. The summed E-state index contributed by atoms with van der Waals surface area (Å²) in [4.78, 5) is 0. The summed E-state index contributed by atoms with van der Waals surface area (Å²) in [5, 5.41) is 230. The summed E-state index contributed by atoms with van der Waals surface area (Å²) in [6.07, 6.45) is -38.0. The zero-order valence-electron chi connectivity index (χ0n) is 36.5. The topological polar surface area (TPSA) is 569 Å². The van der Waals surface area contributed by atoms with E-state index < -0.39 is 224 Å². The standard InChI is InChI=1S/3C12H22O11.Fe/c3*13-1-4-6(16)8(18)9(19)11(21-4)23-12(3-15)10(20)7(17)5(2-14)22-12;/h3*4-11,13-20H,1-3H2;/q;;;+3/t3*4-,5-,6-,7-,8+,9-,10+,11-,12+;/m111./s1. The first-order valence-electron chi connectivity index (χ1n) is 21.1. The fraction of sp³-hybridized carbons (Fsp3) is 1.00. The van der Waals surface area contributed by atoms with Gasteiger partial charge in [0.1, 0.15) is 148 Å². The Balaban J connectivity index is 0.000000276. The summed E-state index contributed by atoms with van der Waals surface area (Å²) in [6, 6.07) is 0. The zero-order valence-corrected chi connectivity index (χ0v) is 37.6. The number of hydrogen-bond donors (Lipinski definition) is 24. The van der Waals surface area contributed by atoms with Gasteiger partial charge in [-0.3, -0.25) is 0 Å². The van der Waals surface area contributed by atoms with Crippen LogP contribution in [0.3, 0.4) is 0 Å². The van der Waals surface area contributed by atoms with E-state index in [9.17, 15) is 91.9 Å².